The van der Waals surface area contributed by atoms with E-state index in [1.807, 2.05) is 22.6 Å². The van der Waals surface area contributed by atoms with E-state index in [0.29, 0.717) is 8.59 Å². The normalized spacial score (nSPS) is 11.0. The lowest BCUT2D eigenvalue weighted by atomic mass is 9.95. The second kappa shape index (κ2) is 11.7. The molecule has 0 saturated carbocycles. The maximum absolute atomic E-state index is 12.0. The highest BCUT2D eigenvalue weighted by molar-refractivity contribution is 14.1. The third-order valence-electron chi connectivity index (χ3n) is 5.93. The fraction of sp³-hybridized carbons (Fsp3) is 0.0333. The first-order chi connectivity index (χ1) is 19.5. The van der Waals surface area contributed by atoms with Crippen LogP contribution in [-0.4, -0.2) is 21.3 Å². The van der Waals surface area contributed by atoms with Gasteiger partial charge in [0.2, 0.25) is 11.5 Å². The fourth-order valence-corrected chi connectivity index (χ4v) is 5.10. The molecule has 2 aliphatic rings. The van der Waals surface area contributed by atoms with Crippen LogP contribution in [0, 0.1) is 3.57 Å². The Morgan fingerprint density at radius 3 is 1.66 bits per heavy atom. The molecule has 7 nitrogen and oxygen atoms in total. The third-order valence-corrected chi connectivity index (χ3v) is 8.16. The quantitative estimate of drug-likeness (QED) is 0.0924. The van der Waals surface area contributed by atoms with Crippen LogP contribution in [-0.2, 0) is 4.79 Å². The van der Waals surface area contributed by atoms with Gasteiger partial charge in [0.15, 0.2) is 34.5 Å². The van der Waals surface area contributed by atoms with Crippen molar-refractivity contribution in [2.75, 3.05) is 0 Å². The summed E-state index contributed by atoms with van der Waals surface area (Å²) in [6, 6.07) is 19.8. The number of hydrogen-bond donors (Lipinski definition) is 3. The summed E-state index contributed by atoms with van der Waals surface area (Å²) in [5.41, 5.74) is 2.85. The number of rotatable bonds is 5. The van der Waals surface area contributed by atoms with Crippen LogP contribution < -0.4 is 14.2 Å². The zero-order valence-corrected chi connectivity index (χ0v) is 25.3. The van der Waals surface area contributed by atoms with Gasteiger partial charge in [-0.05, 0) is 70.1 Å². The molecule has 0 aromatic heterocycles. The lowest BCUT2D eigenvalue weighted by molar-refractivity contribution is -0.131. The van der Waals surface area contributed by atoms with Gasteiger partial charge in [-0.15, -0.1) is 0 Å². The van der Waals surface area contributed by atoms with Gasteiger partial charge in [0.05, 0.1) is 5.02 Å². The van der Waals surface area contributed by atoms with E-state index >= 15 is 0 Å². The molecule has 0 amide bonds. The molecule has 0 fully saturated rings. The molecule has 6 rings (SSSR count). The Morgan fingerprint density at radius 1 is 0.707 bits per heavy atom. The zero-order chi connectivity index (χ0) is 29.4. The lowest BCUT2D eigenvalue weighted by Crippen LogP contribution is -2.05. The molecular weight excluding hydrogens is 706 g/mol. The van der Waals surface area contributed by atoms with Crippen molar-refractivity contribution in [1.29, 1.82) is 0 Å². The Morgan fingerprint density at radius 2 is 1.22 bits per heavy atom. The Bertz CT molecular complexity index is 1800. The van der Waals surface area contributed by atoms with Crippen LogP contribution in [0.15, 0.2) is 72.8 Å². The molecule has 208 valence electrons. The Balaban J connectivity index is 0.000000490. The molecule has 0 unspecified atom stereocenters. The molecule has 3 N–H and O–H groups in total. The number of phenols is 3. The molecule has 4 aromatic rings. The summed E-state index contributed by atoms with van der Waals surface area (Å²) in [4.78, 5) is 12.0. The summed E-state index contributed by atoms with van der Waals surface area (Å²) in [5.74, 6) is -2.60. The second-order valence-corrected chi connectivity index (χ2v) is 11.1. The Hall–Kier alpha value is -3.57. The van der Waals surface area contributed by atoms with Gasteiger partial charge in [0, 0.05) is 43.4 Å². The maximum atomic E-state index is 12.0. The van der Waals surface area contributed by atoms with Crippen LogP contribution in [0.4, 0.5) is 0 Å². The summed E-state index contributed by atoms with van der Waals surface area (Å²) in [5, 5.41) is 33.3. The molecule has 41 heavy (non-hydrogen) atoms. The van der Waals surface area contributed by atoms with Crippen molar-refractivity contribution in [3.63, 3.8) is 0 Å². The number of aromatic hydroxyl groups is 3. The van der Waals surface area contributed by atoms with Crippen molar-refractivity contribution in [3.05, 3.63) is 91.4 Å². The molecule has 0 saturated heterocycles. The standard InChI is InChI=1S/C24H14Cl3IO7.C6H4/c1-10(29)33-22-13-4-5-14(27)20(28)19(13)21(32)23(34-17-6-2-11(25)8-15(17)30)24(22)35-18-7-3-12(26)9-16(18)31;1-2-6-4-3-5(1)6/h2-9,30-32H,1H3;1-4H. The number of fused-ring (bicyclic) bond motifs is 2. The van der Waals surface area contributed by atoms with Gasteiger partial charge in [-0.1, -0.05) is 59.1 Å². The van der Waals surface area contributed by atoms with Gasteiger partial charge in [-0.25, -0.2) is 0 Å². The van der Waals surface area contributed by atoms with Gasteiger partial charge in [-0.2, -0.15) is 0 Å². The van der Waals surface area contributed by atoms with Gasteiger partial charge in [0.1, 0.15) is 0 Å². The molecule has 0 bridgehead atoms. The van der Waals surface area contributed by atoms with E-state index in [1.165, 1.54) is 60.5 Å². The zero-order valence-electron chi connectivity index (χ0n) is 20.9. The van der Waals surface area contributed by atoms with E-state index < -0.39 is 11.7 Å². The van der Waals surface area contributed by atoms with Crippen LogP contribution in [0.5, 0.6) is 46.0 Å². The summed E-state index contributed by atoms with van der Waals surface area (Å²) < 4.78 is 17.7. The van der Waals surface area contributed by atoms with Crippen molar-refractivity contribution in [2.45, 2.75) is 6.92 Å². The minimum Gasteiger partial charge on any atom is -0.504 e. The molecule has 0 heterocycles. The monoisotopic (exact) mass is 722 g/mol. The second-order valence-electron chi connectivity index (χ2n) is 8.72. The first-order valence-electron chi connectivity index (χ1n) is 11.8. The predicted molar refractivity (Wildman–Crippen MR) is 166 cm³/mol. The smallest absolute Gasteiger partial charge is 0.308 e. The van der Waals surface area contributed by atoms with Gasteiger partial charge in [0.25, 0.3) is 0 Å². The number of ether oxygens (including phenoxy) is 3. The van der Waals surface area contributed by atoms with E-state index in [0.717, 1.165) is 0 Å². The first kappa shape index (κ1) is 28.9. The topological polar surface area (TPSA) is 105 Å². The summed E-state index contributed by atoms with van der Waals surface area (Å²) in [6.45, 7) is 1.19. The number of carbonyl (C=O) groups is 1. The summed E-state index contributed by atoms with van der Waals surface area (Å²) >= 11 is 20.1. The van der Waals surface area contributed by atoms with E-state index in [4.69, 9.17) is 49.0 Å². The van der Waals surface area contributed by atoms with Crippen LogP contribution >= 0.6 is 57.4 Å². The van der Waals surface area contributed by atoms with Crippen LogP contribution in [0.3, 0.4) is 0 Å². The highest BCUT2D eigenvalue weighted by Crippen LogP contribution is 2.56. The minimum atomic E-state index is -0.688. The average Bonchev–Trinajstić information content (AvgIpc) is 2.90. The van der Waals surface area contributed by atoms with Gasteiger partial charge >= 0.3 is 5.97 Å². The van der Waals surface area contributed by atoms with E-state index in [2.05, 4.69) is 24.3 Å². The number of halogens is 4. The molecule has 0 spiro atoms. The van der Waals surface area contributed by atoms with Crippen LogP contribution in [0.25, 0.3) is 21.9 Å². The van der Waals surface area contributed by atoms with Gasteiger partial charge < -0.3 is 29.5 Å². The molecule has 0 aliphatic heterocycles. The first-order valence-corrected chi connectivity index (χ1v) is 14.0. The van der Waals surface area contributed by atoms with Crippen molar-refractivity contribution >= 4 is 74.1 Å². The van der Waals surface area contributed by atoms with Crippen LogP contribution in [0.2, 0.25) is 15.1 Å². The fourth-order valence-electron chi connectivity index (χ4n) is 3.89. The molecule has 0 atom stereocenters. The Labute approximate surface area is 262 Å². The summed E-state index contributed by atoms with van der Waals surface area (Å²) in [7, 11) is 0. The van der Waals surface area contributed by atoms with Crippen molar-refractivity contribution in [2.24, 2.45) is 0 Å². The average molecular weight is 724 g/mol. The van der Waals surface area contributed by atoms with Crippen molar-refractivity contribution in [3.8, 4) is 57.1 Å². The number of phenolic OH excluding ortho intramolecular Hbond substituents is 3. The maximum Gasteiger partial charge on any atom is 0.308 e. The number of carbonyl (C=O) groups excluding carboxylic acids is 1. The van der Waals surface area contributed by atoms with E-state index in [9.17, 15) is 20.1 Å². The number of benzene rings is 5. The molecular formula is C30H18Cl3IO7. The largest absolute Gasteiger partial charge is 0.504 e. The lowest BCUT2D eigenvalue weighted by Gasteiger charge is -2.21. The summed E-state index contributed by atoms with van der Waals surface area (Å²) in [6.07, 6.45) is 0. The molecule has 2 aliphatic carbocycles. The molecule has 4 aromatic carbocycles. The third kappa shape index (κ3) is 5.92. The SMILES string of the molecule is CC(=O)Oc1c(Oc2ccc(Cl)cc2O)c(Oc2ccc(Cl)cc2O)c(O)c2c(I)c(Cl)ccc12.c1cc2ccc1-2. The van der Waals surface area contributed by atoms with Crippen LogP contribution in [0.1, 0.15) is 6.92 Å². The molecule has 11 heteroatoms. The Kier molecular flexibility index (Phi) is 8.28. The number of esters is 1. The van der Waals surface area contributed by atoms with E-state index in [1.54, 1.807) is 6.07 Å². The number of hydrogen-bond acceptors (Lipinski definition) is 7. The van der Waals surface area contributed by atoms with Crippen molar-refractivity contribution in [1.82, 2.24) is 0 Å². The van der Waals surface area contributed by atoms with Crippen molar-refractivity contribution < 1.29 is 34.3 Å². The molecule has 0 radical (unpaired) electrons. The van der Waals surface area contributed by atoms with Gasteiger partial charge in [-0.3, -0.25) is 4.79 Å². The minimum absolute atomic E-state index is 0.0737. The predicted octanol–water partition coefficient (Wildman–Crippen LogP) is 9.70. The highest BCUT2D eigenvalue weighted by Gasteiger charge is 2.29. The highest BCUT2D eigenvalue weighted by atomic mass is 127. The van der Waals surface area contributed by atoms with E-state index in [-0.39, 0.29) is 61.1 Å².